The summed E-state index contributed by atoms with van der Waals surface area (Å²) in [7, 11) is 0. The van der Waals surface area contributed by atoms with Gasteiger partial charge in [-0.2, -0.15) is 5.26 Å². The van der Waals surface area contributed by atoms with E-state index in [4.69, 9.17) is 5.73 Å². The quantitative estimate of drug-likeness (QED) is 0.687. The van der Waals surface area contributed by atoms with Gasteiger partial charge in [0.15, 0.2) is 0 Å². The van der Waals surface area contributed by atoms with Crippen molar-refractivity contribution >= 4 is 44.0 Å². The molecule has 4 nitrogen and oxygen atoms in total. The molecule has 1 aromatic heterocycles. The molecule has 0 aliphatic carbocycles. The second-order valence-corrected chi connectivity index (χ2v) is 5.49. The second kappa shape index (κ2) is 5.43. The number of pyridine rings is 1. The fraction of sp³-hybridized carbons (Fsp3) is 0. The van der Waals surface area contributed by atoms with Crippen LogP contribution in [0.3, 0.4) is 0 Å². The zero-order valence-electron chi connectivity index (χ0n) is 11.0. The summed E-state index contributed by atoms with van der Waals surface area (Å²) >= 11 is 3.36. The molecule has 0 saturated carbocycles. The Balaban J connectivity index is 1.99. The van der Waals surface area contributed by atoms with E-state index in [0.29, 0.717) is 17.1 Å². The number of rotatable bonds is 2. The topological polar surface area (TPSA) is 74.7 Å². The van der Waals surface area contributed by atoms with Crippen molar-refractivity contribution < 1.29 is 0 Å². The average molecular weight is 339 g/mol. The number of nitrogens with one attached hydrogen (secondary N) is 1. The molecule has 0 atom stereocenters. The van der Waals surface area contributed by atoms with Gasteiger partial charge < -0.3 is 11.1 Å². The highest BCUT2D eigenvalue weighted by molar-refractivity contribution is 9.10. The average Bonchev–Trinajstić information content (AvgIpc) is 2.49. The third-order valence-corrected chi connectivity index (χ3v) is 3.57. The molecule has 3 N–H and O–H groups in total. The molecule has 3 aromatic rings. The summed E-state index contributed by atoms with van der Waals surface area (Å²) in [6, 6.07) is 17.1. The first-order chi connectivity index (χ1) is 10.2. The largest absolute Gasteiger partial charge is 0.399 e. The minimum atomic E-state index is 0.559. The van der Waals surface area contributed by atoms with E-state index in [9.17, 15) is 5.26 Å². The van der Waals surface area contributed by atoms with Crippen LogP contribution in [0.4, 0.5) is 17.2 Å². The molecule has 1 heterocycles. The van der Waals surface area contributed by atoms with Crippen molar-refractivity contribution in [2.75, 3.05) is 11.1 Å². The smallest absolute Gasteiger partial charge is 0.131 e. The van der Waals surface area contributed by atoms with Gasteiger partial charge in [-0.05, 0) is 48.5 Å². The van der Waals surface area contributed by atoms with Crippen molar-refractivity contribution in [3.63, 3.8) is 0 Å². The Kier molecular flexibility index (Phi) is 3.46. The van der Waals surface area contributed by atoms with Gasteiger partial charge in [0, 0.05) is 15.5 Å². The highest BCUT2D eigenvalue weighted by Gasteiger charge is 2.05. The van der Waals surface area contributed by atoms with Crippen LogP contribution in [-0.2, 0) is 0 Å². The number of nitrogens with two attached hydrogens (primary N) is 1. The highest BCUT2D eigenvalue weighted by Crippen LogP contribution is 2.25. The van der Waals surface area contributed by atoms with E-state index in [2.05, 4.69) is 32.3 Å². The molecule has 0 fully saturated rings. The number of nitrogens with zero attached hydrogens (tertiary/aromatic N) is 2. The van der Waals surface area contributed by atoms with Crippen molar-refractivity contribution in [1.29, 1.82) is 5.26 Å². The molecule has 102 valence electrons. The molecule has 21 heavy (non-hydrogen) atoms. The summed E-state index contributed by atoms with van der Waals surface area (Å²) in [5.74, 6) is 0.686. The van der Waals surface area contributed by atoms with Gasteiger partial charge in [-0.15, -0.1) is 0 Å². The number of nitrogen functional groups attached to an aromatic ring is 1. The number of nitriles is 1. The Labute approximate surface area is 130 Å². The molecular weight excluding hydrogens is 328 g/mol. The van der Waals surface area contributed by atoms with Crippen LogP contribution >= 0.6 is 15.9 Å². The molecule has 0 unspecified atom stereocenters. The summed E-state index contributed by atoms with van der Waals surface area (Å²) in [5.41, 5.74) is 8.60. The van der Waals surface area contributed by atoms with Gasteiger partial charge in [-0.3, -0.25) is 0 Å². The molecule has 2 aromatic carbocycles. The molecule has 0 aliphatic rings. The molecule has 5 heteroatoms. The molecular formula is C16H11BrN4. The third kappa shape index (κ3) is 2.81. The van der Waals surface area contributed by atoms with Crippen molar-refractivity contribution in [3.05, 3.63) is 58.6 Å². The molecule has 0 bridgehead atoms. The summed E-state index contributed by atoms with van der Waals surface area (Å²) in [6.45, 7) is 0. The van der Waals surface area contributed by atoms with Gasteiger partial charge in [-0.25, -0.2) is 4.98 Å². The van der Waals surface area contributed by atoms with Crippen LogP contribution < -0.4 is 11.1 Å². The maximum absolute atomic E-state index is 9.18. The number of hydrogen-bond donors (Lipinski definition) is 2. The molecule has 0 saturated heterocycles. The molecule has 0 amide bonds. The van der Waals surface area contributed by atoms with Crippen molar-refractivity contribution in [2.45, 2.75) is 0 Å². The van der Waals surface area contributed by atoms with E-state index in [0.717, 1.165) is 21.1 Å². The first-order valence-corrected chi connectivity index (χ1v) is 7.08. The minimum Gasteiger partial charge on any atom is -0.399 e. The Bertz CT molecular complexity index is 868. The standard InChI is InChI=1S/C16H11BrN4/c17-12-2-4-15(11(7-12)9-18)21-16-6-1-10-8-13(19)3-5-14(10)20-16/h1-8H,19H2,(H,20,21). The Morgan fingerprint density at radius 2 is 1.95 bits per heavy atom. The lowest BCUT2D eigenvalue weighted by Crippen LogP contribution is -1.96. The number of anilines is 3. The van der Waals surface area contributed by atoms with Crippen LogP contribution in [0.1, 0.15) is 5.56 Å². The molecule has 0 radical (unpaired) electrons. The van der Waals surface area contributed by atoms with E-state index >= 15 is 0 Å². The van der Waals surface area contributed by atoms with Gasteiger partial charge in [0.05, 0.1) is 16.8 Å². The van der Waals surface area contributed by atoms with Crippen LogP contribution in [-0.4, -0.2) is 4.98 Å². The monoisotopic (exact) mass is 338 g/mol. The van der Waals surface area contributed by atoms with E-state index < -0.39 is 0 Å². The highest BCUT2D eigenvalue weighted by atomic mass is 79.9. The SMILES string of the molecule is N#Cc1cc(Br)ccc1Nc1ccc2cc(N)ccc2n1. The number of aromatic nitrogens is 1. The van der Waals surface area contributed by atoms with Gasteiger partial charge >= 0.3 is 0 Å². The lowest BCUT2D eigenvalue weighted by Gasteiger charge is -2.09. The number of hydrogen-bond acceptors (Lipinski definition) is 4. The summed E-state index contributed by atoms with van der Waals surface area (Å²) in [4.78, 5) is 4.52. The van der Waals surface area contributed by atoms with E-state index in [-0.39, 0.29) is 0 Å². The van der Waals surface area contributed by atoms with Gasteiger partial charge in [0.2, 0.25) is 0 Å². The maximum Gasteiger partial charge on any atom is 0.131 e. The summed E-state index contributed by atoms with van der Waals surface area (Å²) in [6.07, 6.45) is 0. The van der Waals surface area contributed by atoms with Crippen LogP contribution in [0.25, 0.3) is 10.9 Å². The van der Waals surface area contributed by atoms with Crippen LogP contribution in [0.15, 0.2) is 53.0 Å². The van der Waals surface area contributed by atoms with Crippen molar-refractivity contribution in [1.82, 2.24) is 4.98 Å². The Morgan fingerprint density at radius 1 is 1.10 bits per heavy atom. The van der Waals surface area contributed by atoms with Gasteiger partial charge in [0.25, 0.3) is 0 Å². The number of fused-ring (bicyclic) bond motifs is 1. The summed E-state index contributed by atoms with van der Waals surface area (Å²) in [5, 5.41) is 13.3. The molecule has 3 rings (SSSR count). The first-order valence-electron chi connectivity index (χ1n) is 6.29. The fourth-order valence-electron chi connectivity index (χ4n) is 2.07. The predicted octanol–water partition coefficient (Wildman–Crippen LogP) is 4.19. The lowest BCUT2D eigenvalue weighted by molar-refractivity contribution is 1.36. The number of halogens is 1. The van der Waals surface area contributed by atoms with E-state index in [1.54, 1.807) is 6.07 Å². The van der Waals surface area contributed by atoms with Gasteiger partial charge in [0.1, 0.15) is 11.9 Å². The Morgan fingerprint density at radius 3 is 2.76 bits per heavy atom. The van der Waals surface area contributed by atoms with E-state index in [1.807, 2.05) is 42.5 Å². The third-order valence-electron chi connectivity index (χ3n) is 3.08. The minimum absolute atomic E-state index is 0.559. The second-order valence-electron chi connectivity index (χ2n) is 4.58. The van der Waals surface area contributed by atoms with Crippen LogP contribution in [0, 0.1) is 11.3 Å². The number of benzene rings is 2. The van der Waals surface area contributed by atoms with Crippen LogP contribution in [0.5, 0.6) is 0 Å². The van der Waals surface area contributed by atoms with Gasteiger partial charge in [-0.1, -0.05) is 15.9 Å². The fourth-order valence-corrected chi connectivity index (χ4v) is 2.43. The molecule has 0 spiro atoms. The Hall–Kier alpha value is -2.58. The normalized spacial score (nSPS) is 10.3. The van der Waals surface area contributed by atoms with Crippen molar-refractivity contribution in [2.24, 2.45) is 0 Å². The summed E-state index contributed by atoms with van der Waals surface area (Å²) < 4.78 is 0.867. The molecule has 0 aliphatic heterocycles. The first kappa shape index (κ1) is 13.4. The lowest BCUT2D eigenvalue weighted by atomic mass is 10.2. The predicted molar refractivity (Wildman–Crippen MR) is 88.3 cm³/mol. The maximum atomic E-state index is 9.18. The van der Waals surface area contributed by atoms with Crippen LogP contribution in [0.2, 0.25) is 0 Å². The zero-order valence-corrected chi connectivity index (χ0v) is 12.6. The zero-order chi connectivity index (χ0) is 14.8. The van der Waals surface area contributed by atoms with Crippen molar-refractivity contribution in [3.8, 4) is 6.07 Å². The van der Waals surface area contributed by atoms with E-state index in [1.165, 1.54) is 0 Å².